The van der Waals surface area contributed by atoms with E-state index >= 15 is 0 Å². The van der Waals surface area contributed by atoms with Crippen molar-refractivity contribution in [2.24, 2.45) is 0 Å². The second-order valence-electron chi connectivity index (χ2n) is 5.60. The van der Waals surface area contributed by atoms with E-state index in [1.807, 2.05) is 24.3 Å². The average molecular weight is 338 g/mol. The molecule has 1 N–H and O–H groups in total. The van der Waals surface area contributed by atoms with Crippen molar-refractivity contribution in [3.63, 3.8) is 0 Å². The van der Waals surface area contributed by atoms with E-state index in [9.17, 15) is 9.90 Å². The van der Waals surface area contributed by atoms with Crippen LogP contribution in [0.4, 0.5) is 0 Å². The van der Waals surface area contributed by atoms with Crippen LogP contribution in [-0.4, -0.2) is 16.2 Å². The van der Waals surface area contributed by atoms with E-state index in [0.29, 0.717) is 16.8 Å². The molecule has 0 unspecified atom stereocenters. The van der Waals surface area contributed by atoms with E-state index in [-0.39, 0.29) is 11.0 Å². The zero-order chi connectivity index (χ0) is 14.9. The van der Waals surface area contributed by atoms with Gasteiger partial charge in [-0.05, 0) is 11.0 Å². The van der Waals surface area contributed by atoms with Crippen LogP contribution in [-0.2, 0) is 10.7 Å². The zero-order valence-corrected chi connectivity index (χ0v) is 13.2. The fourth-order valence-corrected chi connectivity index (χ4v) is 2.34. The molecule has 0 spiro atoms. The van der Waals surface area contributed by atoms with E-state index in [1.165, 1.54) is 5.56 Å². The number of alkyl halides is 1. The van der Waals surface area contributed by atoms with Crippen LogP contribution in [0.15, 0.2) is 28.8 Å². The molecule has 1 heterocycles. The van der Waals surface area contributed by atoms with Gasteiger partial charge in [0.05, 0.1) is 5.33 Å². The summed E-state index contributed by atoms with van der Waals surface area (Å²) >= 11 is 3.20. The molecule has 20 heavy (non-hydrogen) atoms. The van der Waals surface area contributed by atoms with Crippen LogP contribution in [0.1, 0.15) is 42.5 Å². The van der Waals surface area contributed by atoms with Crippen molar-refractivity contribution < 1.29 is 14.4 Å². The SMILES string of the molecule is CC(C)(C)c1ccc(-c2noc(CBr)c2C(=O)O)cc1. The van der Waals surface area contributed by atoms with Crippen LogP contribution < -0.4 is 0 Å². The fourth-order valence-electron chi connectivity index (χ4n) is 1.96. The fraction of sp³-hybridized carbons (Fsp3) is 0.333. The molecule has 0 saturated heterocycles. The second kappa shape index (κ2) is 5.40. The molecule has 0 amide bonds. The van der Waals surface area contributed by atoms with Crippen LogP contribution in [0.3, 0.4) is 0 Å². The number of carboxylic acids is 1. The molecule has 0 bridgehead atoms. The Morgan fingerprint density at radius 2 is 1.90 bits per heavy atom. The average Bonchev–Trinajstić information content (AvgIpc) is 2.81. The lowest BCUT2D eigenvalue weighted by atomic mass is 9.86. The normalized spacial score (nSPS) is 11.6. The summed E-state index contributed by atoms with van der Waals surface area (Å²) in [7, 11) is 0. The van der Waals surface area contributed by atoms with Gasteiger partial charge in [0.1, 0.15) is 11.3 Å². The van der Waals surface area contributed by atoms with Gasteiger partial charge in [0.25, 0.3) is 0 Å². The third kappa shape index (κ3) is 2.77. The Bertz CT molecular complexity index is 624. The van der Waals surface area contributed by atoms with Crippen molar-refractivity contribution >= 4 is 21.9 Å². The Hall–Kier alpha value is -1.62. The minimum absolute atomic E-state index is 0.0546. The molecule has 0 atom stereocenters. The van der Waals surface area contributed by atoms with Gasteiger partial charge in [0.15, 0.2) is 5.76 Å². The van der Waals surface area contributed by atoms with Gasteiger partial charge in [-0.1, -0.05) is 66.1 Å². The van der Waals surface area contributed by atoms with E-state index < -0.39 is 5.97 Å². The Balaban J connectivity index is 2.47. The number of halogens is 1. The molecule has 1 aromatic carbocycles. The third-order valence-electron chi connectivity index (χ3n) is 3.12. The number of aromatic carboxylic acids is 1. The number of rotatable bonds is 3. The number of carboxylic acid groups (broad SMARTS) is 1. The van der Waals surface area contributed by atoms with Gasteiger partial charge in [-0.3, -0.25) is 0 Å². The Morgan fingerprint density at radius 3 is 2.35 bits per heavy atom. The van der Waals surface area contributed by atoms with Crippen molar-refractivity contribution in [1.82, 2.24) is 5.16 Å². The van der Waals surface area contributed by atoms with Crippen LogP contribution >= 0.6 is 15.9 Å². The molecule has 0 radical (unpaired) electrons. The third-order valence-corrected chi connectivity index (χ3v) is 3.63. The van der Waals surface area contributed by atoms with E-state index in [1.54, 1.807) is 0 Å². The van der Waals surface area contributed by atoms with Gasteiger partial charge >= 0.3 is 5.97 Å². The summed E-state index contributed by atoms with van der Waals surface area (Å²) in [6.07, 6.45) is 0. The highest BCUT2D eigenvalue weighted by molar-refractivity contribution is 9.08. The first-order valence-electron chi connectivity index (χ1n) is 6.23. The number of hydrogen-bond donors (Lipinski definition) is 1. The molecule has 0 saturated carbocycles. The maximum atomic E-state index is 11.3. The van der Waals surface area contributed by atoms with Crippen LogP contribution in [0, 0.1) is 0 Å². The quantitative estimate of drug-likeness (QED) is 0.851. The largest absolute Gasteiger partial charge is 0.477 e. The van der Waals surface area contributed by atoms with E-state index in [4.69, 9.17) is 4.52 Å². The molecule has 0 aliphatic heterocycles. The van der Waals surface area contributed by atoms with Crippen molar-refractivity contribution in [3.8, 4) is 11.3 Å². The van der Waals surface area contributed by atoms with E-state index in [2.05, 4.69) is 41.9 Å². The lowest BCUT2D eigenvalue weighted by Gasteiger charge is -2.18. The van der Waals surface area contributed by atoms with Crippen LogP contribution in [0.5, 0.6) is 0 Å². The van der Waals surface area contributed by atoms with Crippen molar-refractivity contribution in [2.45, 2.75) is 31.5 Å². The highest BCUT2D eigenvalue weighted by atomic mass is 79.9. The molecule has 0 aliphatic carbocycles. The number of carbonyl (C=O) groups is 1. The molecule has 0 aliphatic rings. The molecule has 2 rings (SSSR count). The van der Waals surface area contributed by atoms with Gasteiger partial charge < -0.3 is 9.63 Å². The predicted octanol–water partition coefficient (Wildman–Crippen LogP) is 4.23. The van der Waals surface area contributed by atoms with Crippen LogP contribution in [0.2, 0.25) is 0 Å². The first-order chi connectivity index (χ1) is 9.34. The smallest absolute Gasteiger partial charge is 0.341 e. The number of aromatic nitrogens is 1. The number of hydrogen-bond acceptors (Lipinski definition) is 3. The summed E-state index contributed by atoms with van der Waals surface area (Å²) in [5, 5.41) is 13.5. The highest BCUT2D eigenvalue weighted by Gasteiger charge is 2.23. The lowest BCUT2D eigenvalue weighted by Crippen LogP contribution is -2.10. The summed E-state index contributed by atoms with van der Waals surface area (Å²) in [5.41, 5.74) is 2.46. The Labute approximate surface area is 125 Å². The monoisotopic (exact) mass is 337 g/mol. The minimum atomic E-state index is -1.03. The minimum Gasteiger partial charge on any atom is -0.477 e. The Kier molecular flexibility index (Phi) is 3.99. The van der Waals surface area contributed by atoms with Gasteiger partial charge in [-0.2, -0.15) is 0 Å². The Morgan fingerprint density at radius 1 is 1.30 bits per heavy atom. The zero-order valence-electron chi connectivity index (χ0n) is 11.6. The second-order valence-corrected chi connectivity index (χ2v) is 6.16. The predicted molar refractivity (Wildman–Crippen MR) is 80.2 cm³/mol. The molecule has 0 fully saturated rings. The van der Waals surface area contributed by atoms with Crippen molar-refractivity contribution in [3.05, 3.63) is 41.2 Å². The lowest BCUT2D eigenvalue weighted by molar-refractivity contribution is 0.0695. The topological polar surface area (TPSA) is 63.3 Å². The van der Waals surface area contributed by atoms with Crippen molar-refractivity contribution in [1.29, 1.82) is 0 Å². The summed E-state index contributed by atoms with van der Waals surface area (Å²) in [4.78, 5) is 11.3. The molecule has 1 aromatic heterocycles. The van der Waals surface area contributed by atoms with Crippen molar-refractivity contribution in [2.75, 3.05) is 0 Å². The molecular weight excluding hydrogens is 322 g/mol. The van der Waals surface area contributed by atoms with E-state index in [0.717, 1.165) is 5.56 Å². The van der Waals surface area contributed by atoms with Gasteiger partial charge in [-0.15, -0.1) is 0 Å². The molecule has 4 nitrogen and oxygen atoms in total. The highest BCUT2D eigenvalue weighted by Crippen LogP contribution is 2.29. The van der Waals surface area contributed by atoms with Gasteiger partial charge in [0, 0.05) is 5.56 Å². The van der Waals surface area contributed by atoms with Gasteiger partial charge in [0.2, 0.25) is 0 Å². The standard InChI is InChI=1S/C15H16BrNO3/c1-15(2,3)10-6-4-9(5-7-10)13-12(14(18)19)11(8-16)20-17-13/h4-7H,8H2,1-3H3,(H,18,19). The summed E-state index contributed by atoms with van der Waals surface area (Å²) in [6.45, 7) is 6.39. The maximum absolute atomic E-state index is 11.3. The first-order valence-corrected chi connectivity index (χ1v) is 7.35. The van der Waals surface area contributed by atoms with Gasteiger partial charge in [-0.25, -0.2) is 4.79 Å². The molecule has 5 heteroatoms. The van der Waals surface area contributed by atoms with Crippen LogP contribution in [0.25, 0.3) is 11.3 Å². The maximum Gasteiger partial charge on any atom is 0.341 e. The molecule has 106 valence electrons. The number of nitrogens with zero attached hydrogens (tertiary/aromatic N) is 1. The first kappa shape index (κ1) is 14.8. The number of benzene rings is 1. The summed E-state index contributed by atoms with van der Waals surface area (Å²) in [6, 6.07) is 7.73. The summed E-state index contributed by atoms with van der Waals surface area (Å²) < 4.78 is 5.08. The molecular formula is C15H16BrNO3. The summed E-state index contributed by atoms with van der Waals surface area (Å²) in [5.74, 6) is -0.706. The molecule has 2 aromatic rings.